The van der Waals surface area contributed by atoms with Gasteiger partial charge in [0.05, 0.1) is 19.8 Å². The normalized spacial score (nSPS) is 17.2. The Balaban J connectivity index is 2.15. The van der Waals surface area contributed by atoms with Crippen LogP contribution in [0.5, 0.6) is 11.5 Å². The van der Waals surface area contributed by atoms with Gasteiger partial charge in [0.15, 0.2) is 11.5 Å². The number of hydrogen-bond donors (Lipinski definition) is 2. The van der Waals surface area contributed by atoms with Gasteiger partial charge in [0, 0.05) is 6.04 Å². The maximum absolute atomic E-state index is 12.4. The molecule has 0 amide bonds. The van der Waals surface area contributed by atoms with Crippen LogP contribution in [0.4, 0.5) is 8.78 Å². The van der Waals surface area contributed by atoms with E-state index >= 15 is 0 Å². The first-order valence-corrected chi connectivity index (χ1v) is 7.13. The lowest BCUT2D eigenvalue weighted by atomic mass is 10.1. The van der Waals surface area contributed by atoms with Crippen molar-refractivity contribution in [2.75, 3.05) is 13.7 Å². The molecule has 1 saturated carbocycles. The van der Waals surface area contributed by atoms with Gasteiger partial charge in [-0.2, -0.15) is 8.78 Å². The van der Waals surface area contributed by atoms with Crippen LogP contribution in [-0.4, -0.2) is 31.5 Å². The van der Waals surface area contributed by atoms with E-state index in [0.29, 0.717) is 11.6 Å². The van der Waals surface area contributed by atoms with Crippen molar-refractivity contribution in [1.29, 1.82) is 0 Å². The van der Waals surface area contributed by atoms with Crippen LogP contribution in [0, 0.1) is 0 Å². The smallest absolute Gasteiger partial charge is 0.387 e. The quantitative estimate of drug-likeness (QED) is 0.813. The molecule has 1 aliphatic rings. The average Bonchev–Trinajstić information content (AvgIpc) is 2.97. The Morgan fingerprint density at radius 3 is 2.57 bits per heavy atom. The lowest BCUT2D eigenvalue weighted by Gasteiger charge is -2.22. The molecule has 4 nitrogen and oxygen atoms in total. The number of nitrogens with one attached hydrogen (secondary N) is 1. The Kier molecular flexibility index (Phi) is 5.76. The number of aliphatic hydroxyl groups excluding tert-OH is 1. The van der Waals surface area contributed by atoms with Gasteiger partial charge >= 0.3 is 6.61 Å². The van der Waals surface area contributed by atoms with E-state index in [4.69, 9.17) is 4.74 Å². The molecule has 6 heteroatoms. The number of benzene rings is 1. The predicted molar refractivity (Wildman–Crippen MR) is 74.8 cm³/mol. The highest BCUT2D eigenvalue weighted by atomic mass is 19.3. The van der Waals surface area contributed by atoms with Gasteiger partial charge in [-0.3, -0.25) is 0 Å². The molecular weight excluding hydrogens is 280 g/mol. The molecule has 118 valence electrons. The van der Waals surface area contributed by atoms with Crippen molar-refractivity contribution in [3.05, 3.63) is 23.8 Å². The number of rotatable bonds is 7. The van der Waals surface area contributed by atoms with Crippen LogP contribution in [0.1, 0.15) is 37.3 Å². The summed E-state index contributed by atoms with van der Waals surface area (Å²) in [6, 6.07) is 4.89. The van der Waals surface area contributed by atoms with Gasteiger partial charge < -0.3 is 19.9 Å². The van der Waals surface area contributed by atoms with Gasteiger partial charge in [0.25, 0.3) is 0 Å². The maximum Gasteiger partial charge on any atom is 0.387 e. The first-order valence-electron chi connectivity index (χ1n) is 7.13. The fourth-order valence-electron chi connectivity index (χ4n) is 2.73. The van der Waals surface area contributed by atoms with Crippen molar-refractivity contribution in [2.24, 2.45) is 0 Å². The lowest BCUT2D eigenvalue weighted by molar-refractivity contribution is -0.0512. The fourth-order valence-corrected chi connectivity index (χ4v) is 2.73. The Hall–Kier alpha value is -1.40. The van der Waals surface area contributed by atoms with Crippen LogP contribution in [0.15, 0.2) is 18.2 Å². The molecule has 0 aromatic heterocycles. The molecule has 1 atom stereocenters. The summed E-state index contributed by atoms with van der Waals surface area (Å²) in [7, 11) is 1.40. The summed E-state index contributed by atoms with van der Waals surface area (Å²) in [5.74, 6) is 0.230. The minimum Gasteiger partial charge on any atom is -0.493 e. The van der Waals surface area contributed by atoms with Crippen LogP contribution in [0.3, 0.4) is 0 Å². The van der Waals surface area contributed by atoms with E-state index in [-0.39, 0.29) is 24.1 Å². The van der Waals surface area contributed by atoms with Crippen molar-refractivity contribution in [2.45, 2.75) is 44.4 Å². The molecule has 0 bridgehead atoms. The van der Waals surface area contributed by atoms with Crippen molar-refractivity contribution in [1.82, 2.24) is 5.32 Å². The summed E-state index contributed by atoms with van der Waals surface area (Å²) < 4.78 is 34.4. The van der Waals surface area contributed by atoms with E-state index in [9.17, 15) is 13.9 Å². The third-order valence-corrected chi connectivity index (χ3v) is 3.78. The number of methoxy groups -OCH3 is 1. The molecule has 1 aromatic carbocycles. The number of hydrogen-bond acceptors (Lipinski definition) is 4. The van der Waals surface area contributed by atoms with E-state index in [1.807, 2.05) is 0 Å². The highest BCUT2D eigenvalue weighted by Gasteiger charge is 2.21. The third kappa shape index (κ3) is 4.28. The maximum atomic E-state index is 12.4. The van der Waals surface area contributed by atoms with Crippen LogP contribution in [-0.2, 0) is 0 Å². The SMILES string of the molecule is COc1ccc(C(CO)NC2CCCC2)cc1OC(F)F. The molecule has 0 radical (unpaired) electrons. The molecule has 1 aliphatic carbocycles. The van der Waals surface area contributed by atoms with Gasteiger partial charge in [-0.05, 0) is 30.5 Å². The molecule has 0 spiro atoms. The molecule has 0 aliphatic heterocycles. The molecular formula is C15H21F2NO3. The number of aliphatic hydroxyl groups is 1. The molecule has 21 heavy (non-hydrogen) atoms. The predicted octanol–water partition coefficient (Wildman–Crippen LogP) is 2.86. The van der Waals surface area contributed by atoms with Gasteiger partial charge in [-0.15, -0.1) is 0 Å². The minimum absolute atomic E-state index is 0.0170. The Morgan fingerprint density at radius 1 is 1.29 bits per heavy atom. The molecule has 2 rings (SSSR count). The summed E-state index contributed by atoms with van der Waals surface area (Å²) >= 11 is 0. The average molecular weight is 301 g/mol. The van der Waals surface area contributed by atoms with E-state index in [1.165, 1.54) is 26.0 Å². The third-order valence-electron chi connectivity index (χ3n) is 3.78. The molecule has 0 heterocycles. The van der Waals surface area contributed by atoms with E-state index in [0.717, 1.165) is 12.8 Å². The standard InChI is InChI=1S/C15H21F2NO3/c1-20-13-7-6-10(8-14(13)21-15(16)17)12(9-19)18-11-4-2-3-5-11/h6-8,11-12,15,18-19H,2-5,9H2,1H3. The Bertz CT molecular complexity index is 451. The Morgan fingerprint density at radius 2 is 2.00 bits per heavy atom. The van der Waals surface area contributed by atoms with Crippen molar-refractivity contribution in [3.8, 4) is 11.5 Å². The number of ether oxygens (including phenoxy) is 2. The highest BCUT2D eigenvalue weighted by Crippen LogP contribution is 2.32. The summed E-state index contributed by atoms with van der Waals surface area (Å²) in [4.78, 5) is 0. The van der Waals surface area contributed by atoms with Crippen LogP contribution in [0.25, 0.3) is 0 Å². The zero-order chi connectivity index (χ0) is 15.2. The second-order valence-corrected chi connectivity index (χ2v) is 5.17. The van der Waals surface area contributed by atoms with Gasteiger partial charge in [0.1, 0.15) is 0 Å². The van der Waals surface area contributed by atoms with Gasteiger partial charge in [-0.25, -0.2) is 0 Å². The second-order valence-electron chi connectivity index (χ2n) is 5.17. The summed E-state index contributed by atoms with van der Waals surface area (Å²) in [6.07, 6.45) is 4.51. The van der Waals surface area contributed by atoms with Crippen LogP contribution in [0.2, 0.25) is 0 Å². The topological polar surface area (TPSA) is 50.7 Å². The zero-order valence-corrected chi connectivity index (χ0v) is 12.0. The van der Waals surface area contributed by atoms with Crippen molar-refractivity contribution >= 4 is 0 Å². The lowest BCUT2D eigenvalue weighted by Crippen LogP contribution is -2.32. The molecule has 0 saturated heterocycles. The van der Waals surface area contributed by atoms with Crippen molar-refractivity contribution < 1.29 is 23.4 Å². The minimum atomic E-state index is -2.91. The number of alkyl halides is 2. The first kappa shape index (κ1) is 16.0. The van der Waals surface area contributed by atoms with E-state index < -0.39 is 6.61 Å². The molecule has 1 unspecified atom stereocenters. The summed E-state index contributed by atoms with van der Waals surface area (Å²) in [6.45, 7) is -3.01. The molecule has 1 aromatic rings. The highest BCUT2D eigenvalue weighted by molar-refractivity contribution is 5.44. The summed E-state index contributed by atoms with van der Waals surface area (Å²) in [5, 5.41) is 12.9. The Labute approximate surface area is 123 Å². The number of halogens is 2. The van der Waals surface area contributed by atoms with Crippen molar-refractivity contribution in [3.63, 3.8) is 0 Å². The summed E-state index contributed by atoms with van der Waals surface area (Å²) in [5.41, 5.74) is 0.709. The van der Waals surface area contributed by atoms with E-state index in [2.05, 4.69) is 10.1 Å². The van der Waals surface area contributed by atoms with E-state index in [1.54, 1.807) is 12.1 Å². The van der Waals surface area contributed by atoms with Crippen LogP contribution < -0.4 is 14.8 Å². The first-order chi connectivity index (χ1) is 10.1. The van der Waals surface area contributed by atoms with Gasteiger partial charge in [-0.1, -0.05) is 18.9 Å². The largest absolute Gasteiger partial charge is 0.493 e. The van der Waals surface area contributed by atoms with Crippen LogP contribution >= 0.6 is 0 Å². The van der Waals surface area contributed by atoms with Gasteiger partial charge in [0.2, 0.25) is 0 Å². The monoisotopic (exact) mass is 301 g/mol. The zero-order valence-electron chi connectivity index (χ0n) is 12.0. The molecule has 2 N–H and O–H groups in total. The second kappa shape index (κ2) is 7.56. The molecule has 1 fully saturated rings. The fraction of sp³-hybridized carbons (Fsp3) is 0.600.